The zero-order valence-corrected chi connectivity index (χ0v) is 8.89. The second-order valence-corrected chi connectivity index (χ2v) is 8.72. The van der Waals surface area contributed by atoms with Crippen molar-refractivity contribution in [3.8, 4) is 12.1 Å². The first kappa shape index (κ1) is 10.9. The van der Waals surface area contributed by atoms with Gasteiger partial charge in [-0.3, -0.25) is 0 Å². The van der Waals surface area contributed by atoms with Gasteiger partial charge in [0.25, 0.3) is 0 Å². The Labute approximate surface area is 75.1 Å². The van der Waals surface area contributed by atoms with E-state index < -0.39 is 8.07 Å². The molecule has 0 aliphatic rings. The van der Waals surface area contributed by atoms with Crippen molar-refractivity contribution in [2.45, 2.75) is 32.5 Å². The lowest BCUT2D eigenvalue weighted by molar-refractivity contribution is 1.06. The highest BCUT2D eigenvalue weighted by atomic mass is 28.3. The molecular weight excluding hydrogens is 164 g/mol. The largest absolute Gasteiger partial charge is 0.198 e. The highest BCUT2D eigenvalue weighted by molar-refractivity contribution is 6.84. The summed E-state index contributed by atoms with van der Waals surface area (Å²) in [5.74, 6) is 0. The zero-order chi connectivity index (χ0) is 9.61. The lowest BCUT2D eigenvalue weighted by Crippen LogP contribution is -2.22. The molecule has 0 saturated carbocycles. The van der Waals surface area contributed by atoms with Gasteiger partial charge in [-0.25, -0.2) is 0 Å². The average molecular weight is 178 g/mol. The van der Waals surface area contributed by atoms with Crippen LogP contribution in [0.5, 0.6) is 0 Å². The SMILES string of the molecule is C[Si](C)(C)/C(C#N)=C\CCC#N. The minimum absolute atomic E-state index is 0.510. The molecule has 0 heterocycles. The molecule has 3 heteroatoms. The van der Waals surface area contributed by atoms with Crippen LogP contribution in [-0.2, 0) is 0 Å². The first-order valence-electron chi connectivity index (χ1n) is 4.00. The van der Waals surface area contributed by atoms with Gasteiger partial charge in [0.15, 0.2) is 0 Å². The summed E-state index contributed by atoms with van der Waals surface area (Å²) in [6, 6.07) is 4.27. The van der Waals surface area contributed by atoms with Crippen LogP contribution in [0.1, 0.15) is 12.8 Å². The van der Waals surface area contributed by atoms with Crippen molar-refractivity contribution in [1.82, 2.24) is 0 Å². The fourth-order valence-corrected chi connectivity index (χ4v) is 1.89. The summed E-state index contributed by atoms with van der Waals surface area (Å²) >= 11 is 0. The fraction of sp³-hybridized carbons (Fsp3) is 0.556. The van der Waals surface area contributed by atoms with Crippen molar-refractivity contribution in [3.05, 3.63) is 11.3 Å². The lowest BCUT2D eigenvalue weighted by Gasteiger charge is -2.13. The van der Waals surface area contributed by atoms with Gasteiger partial charge in [-0.1, -0.05) is 25.7 Å². The summed E-state index contributed by atoms with van der Waals surface area (Å²) in [4.78, 5) is 0. The fourth-order valence-electron chi connectivity index (χ4n) is 0.801. The third kappa shape index (κ3) is 3.95. The Balaban J connectivity index is 4.30. The predicted molar refractivity (Wildman–Crippen MR) is 51.9 cm³/mol. The monoisotopic (exact) mass is 178 g/mol. The van der Waals surface area contributed by atoms with E-state index in [0.717, 1.165) is 5.20 Å². The van der Waals surface area contributed by atoms with Crippen LogP contribution < -0.4 is 0 Å². The van der Waals surface area contributed by atoms with E-state index in [2.05, 4.69) is 31.8 Å². The minimum atomic E-state index is -1.45. The van der Waals surface area contributed by atoms with Gasteiger partial charge in [0.1, 0.15) is 0 Å². The number of hydrogen-bond acceptors (Lipinski definition) is 2. The molecule has 0 amide bonds. The summed E-state index contributed by atoms with van der Waals surface area (Å²) in [7, 11) is -1.45. The van der Waals surface area contributed by atoms with Gasteiger partial charge in [0.2, 0.25) is 0 Å². The summed E-state index contributed by atoms with van der Waals surface area (Å²) in [5, 5.41) is 18.0. The summed E-state index contributed by atoms with van der Waals surface area (Å²) in [6.07, 6.45) is 3.13. The van der Waals surface area contributed by atoms with Crippen LogP contribution in [0.15, 0.2) is 11.3 Å². The lowest BCUT2D eigenvalue weighted by atomic mass is 10.3. The molecule has 0 aromatic heterocycles. The molecule has 64 valence electrons. The molecule has 12 heavy (non-hydrogen) atoms. The molecule has 0 aliphatic carbocycles. The van der Waals surface area contributed by atoms with Crippen molar-refractivity contribution in [2.75, 3.05) is 0 Å². The molecule has 2 nitrogen and oxygen atoms in total. The highest BCUT2D eigenvalue weighted by Crippen LogP contribution is 2.14. The summed E-state index contributed by atoms with van der Waals surface area (Å²) in [5.41, 5.74) is 0. The van der Waals surface area contributed by atoms with Crippen LogP contribution in [0.2, 0.25) is 19.6 Å². The maximum absolute atomic E-state index is 8.79. The van der Waals surface area contributed by atoms with E-state index in [1.54, 1.807) is 0 Å². The molecule has 0 spiro atoms. The molecule has 0 aromatic rings. The third-order valence-electron chi connectivity index (χ3n) is 1.53. The van der Waals surface area contributed by atoms with Gasteiger partial charge in [0, 0.05) is 11.6 Å². The molecule has 0 rings (SSSR count). The Hall–Kier alpha value is -1.06. The molecule has 0 aromatic carbocycles. The van der Waals surface area contributed by atoms with E-state index >= 15 is 0 Å². The molecule has 0 fully saturated rings. The average Bonchev–Trinajstić information content (AvgIpc) is 1.95. The van der Waals surface area contributed by atoms with Crippen molar-refractivity contribution in [3.63, 3.8) is 0 Å². The second kappa shape index (κ2) is 4.74. The van der Waals surface area contributed by atoms with Gasteiger partial charge in [0.05, 0.1) is 20.2 Å². The predicted octanol–water partition coefficient (Wildman–Crippen LogP) is 2.62. The van der Waals surface area contributed by atoms with Crippen LogP contribution >= 0.6 is 0 Å². The van der Waals surface area contributed by atoms with E-state index in [-0.39, 0.29) is 0 Å². The van der Waals surface area contributed by atoms with E-state index in [9.17, 15) is 0 Å². The van der Waals surface area contributed by atoms with E-state index in [1.165, 1.54) is 0 Å². The maximum Gasteiger partial charge on any atom is 0.0907 e. The number of rotatable bonds is 3. The van der Waals surface area contributed by atoms with Gasteiger partial charge in [-0.05, 0) is 6.42 Å². The zero-order valence-electron chi connectivity index (χ0n) is 7.89. The van der Waals surface area contributed by atoms with Gasteiger partial charge in [-0.15, -0.1) is 0 Å². The Morgan fingerprint density at radius 3 is 2.25 bits per heavy atom. The van der Waals surface area contributed by atoms with E-state index in [4.69, 9.17) is 10.5 Å². The number of allylic oxidation sites excluding steroid dienone is 2. The van der Waals surface area contributed by atoms with Crippen molar-refractivity contribution in [2.24, 2.45) is 0 Å². The molecule has 0 bridgehead atoms. The molecule has 0 atom stereocenters. The Bertz CT molecular complexity index is 247. The second-order valence-electron chi connectivity index (χ2n) is 3.68. The molecule has 0 aliphatic heterocycles. The molecule has 0 N–H and O–H groups in total. The van der Waals surface area contributed by atoms with E-state index in [1.807, 2.05) is 6.08 Å². The number of hydrogen-bond donors (Lipinski definition) is 0. The van der Waals surface area contributed by atoms with Gasteiger partial charge < -0.3 is 0 Å². The first-order valence-corrected chi connectivity index (χ1v) is 7.50. The van der Waals surface area contributed by atoms with Crippen LogP contribution in [0.3, 0.4) is 0 Å². The standard InChI is InChI=1S/C9H14N2Si/c1-12(2,3)9(8-11)6-4-5-7-10/h6H,4-5H2,1-3H3/b9-6-. The van der Waals surface area contributed by atoms with Crippen LogP contribution in [0, 0.1) is 22.7 Å². The first-order chi connectivity index (χ1) is 5.52. The smallest absolute Gasteiger partial charge is 0.0907 e. The third-order valence-corrected chi connectivity index (χ3v) is 3.47. The van der Waals surface area contributed by atoms with Crippen molar-refractivity contribution < 1.29 is 0 Å². The minimum Gasteiger partial charge on any atom is -0.198 e. The molecule has 0 unspecified atom stereocenters. The quantitative estimate of drug-likeness (QED) is 0.379. The number of nitriles is 2. The van der Waals surface area contributed by atoms with Crippen LogP contribution in [-0.4, -0.2) is 8.07 Å². The molecular formula is C9H14N2Si. The van der Waals surface area contributed by atoms with Crippen molar-refractivity contribution in [1.29, 1.82) is 10.5 Å². The number of nitrogens with zero attached hydrogens (tertiary/aromatic N) is 2. The summed E-state index contributed by atoms with van der Waals surface area (Å²) in [6.45, 7) is 6.40. The van der Waals surface area contributed by atoms with Gasteiger partial charge in [-0.2, -0.15) is 10.5 Å². The normalized spacial score (nSPS) is 11.9. The highest BCUT2D eigenvalue weighted by Gasteiger charge is 2.18. The van der Waals surface area contributed by atoms with Crippen molar-refractivity contribution >= 4 is 8.07 Å². The van der Waals surface area contributed by atoms with Gasteiger partial charge >= 0.3 is 0 Å². The number of unbranched alkanes of at least 4 members (excludes halogenated alkanes) is 1. The molecule has 0 radical (unpaired) electrons. The molecule has 0 saturated heterocycles. The Morgan fingerprint density at radius 2 is 1.92 bits per heavy atom. The Kier molecular flexibility index (Phi) is 4.32. The Morgan fingerprint density at radius 1 is 1.33 bits per heavy atom. The van der Waals surface area contributed by atoms with Crippen LogP contribution in [0.4, 0.5) is 0 Å². The van der Waals surface area contributed by atoms with E-state index in [0.29, 0.717) is 12.8 Å². The topological polar surface area (TPSA) is 47.6 Å². The summed E-state index contributed by atoms with van der Waals surface area (Å²) < 4.78 is 0. The maximum atomic E-state index is 8.79. The van der Waals surface area contributed by atoms with Crippen LogP contribution in [0.25, 0.3) is 0 Å².